The number of fused-ring (bicyclic) bond motifs is 1. The maximum atomic E-state index is 5.60. The standard InChI is InChI=1S/C12H20N6S/c1-3-6-14-10-9-8-15-18(7-5-13)11(9)17-12(16-10)19-4-2/h8H,3-7,13H2,1-2H3,(H,14,16,17). The van der Waals surface area contributed by atoms with Crippen molar-refractivity contribution < 1.29 is 0 Å². The van der Waals surface area contributed by atoms with E-state index in [0.29, 0.717) is 13.1 Å². The molecule has 2 heterocycles. The highest BCUT2D eigenvalue weighted by Crippen LogP contribution is 2.24. The Morgan fingerprint density at radius 2 is 2.21 bits per heavy atom. The number of thioether (sulfide) groups is 1. The molecule has 6 nitrogen and oxygen atoms in total. The van der Waals surface area contributed by atoms with Gasteiger partial charge in [0, 0.05) is 13.1 Å². The van der Waals surface area contributed by atoms with Crippen molar-refractivity contribution in [3.63, 3.8) is 0 Å². The fraction of sp³-hybridized carbons (Fsp3) is 0.583. The summed E-state index contributed by atoms with van der Waals surface area (Å²) in [5.74, 6) is 1.81. The first-order valence-corrected chi connectivity index (χ1v) is 7.59. The van der Waals surface area contributed by atoms with Crippen LogP contribution >= 0.6 is 11.8 Å². The zero-order valence-electron chi connectivity index (χ0n) is 11.4. The molecule has 0 radical (unpaired) electrons. The Kier molecular flexibility index (Phi) is 4.98. The normalized spacial score (nSPS) is 11.1. The molecular weight excluding hydrogens is 260 g/mol. The summed E-state index contributed by atoms with van der Waals surface area (Å²) < 4.78 is 1.84. The Bertz CT molecular complexity index is 538. The second-order valence-corrected chi connectivity index (χ2v) is 5.34. The first-order valence-electron chi connectivity index (χ1n) is 6.60. The molecule has 0 amide bonds. The lowest BCUT2D eigenvalue weighted by molar-refractivity contribution is 0.637. The van der Waals surface area contributed by atoms with Crippen LogP contribution in [0.2, 0.25) is 0 Å². The molecule has 2 aromatic rings. The van der Waals surface area contributed by atoms with E-state index < -0.39 is 0 Å². The van der Waals surface area contributed by atoms with Crippen molar-refractivity contribution in [1.82, 2.24) is 19.7 Å². The third-order valence-electron chi connectivity index (χ3n) is 2.63. The zero-order valence-corrected chi connectivity index (χ0v) is 12.2. The van der Waals surface area contributed by atoms with E-state index in [0.717, 1.165) is 40.7 Å². The lowest BCUT2D eigenvalue weighted by Gasteiger charge is -2.08. The Balaban J connectivity index is 2.45. The highest BCUT2D eigenvalue weighted by Gasteiger charge is 2.12. The Morgan fingerprint density at radius 1 is 1.37 bits per heavy atom. The highest BCUT2D eigenvalue weighted by molar-refractivity contribution is 7.99. The third-order valence-corrected chi connectivity index (χ3v) is 3.36. The SMILES string of the molecule is CCCNc1nc(SCC)nc2c1cnn2CCN. The van der Waals surface area contributed by atoms with E-state index in [1.54, 1.807) is 11.8 Å². The van der Waals surface area contributed by atoms with Gasteiger partial charge in [-0.05, 0) is 12.2 Å². The number of nitrogens with two attached hydrogens (primary N) is 1. The van der Waals surface area contributed by atoms with Crippen molar-refractivity contribution in [3.05, 3.63) is 6.20 Å². The van der Waals surface area contributed by atoms with E-state index >= 15 is 0 Å². The van der Waals surface area contributed by atoms with Crippen LogP contribution in [0.1, 0.15) is 20.3 Å². The molecule has 0 atom stereocenters. The van der Waals surface area contributed by atoms with E-state index in [1.165, 1.54) is 0 Å². The maximum Gasteiger partial charge on any atom is 0.191 e. The van der Waals surface area contributed by atoms with Gasteiger partial charge in [-0.2, -0.15) is 5.10 Å². The van der Waals surface area contributed by atoms with Crippen LogP contribution in [0.4, 0.5) is 5.82 Å². The average Bonchev–Trinajstić information content (AvgIpc) is 2.80. The Labute approximate surface area is 117 Å². The van der Waals surface area contributed by atoms with Gasteiger partial charge in [-0.1, -0.05) is 25.6 Å². The molecule has 2 rings (SSSR count). The maximum absolute atomic E-state index is 5.60. The Hall–Kier alpha value is -1.34. The lowest BCUT2D eigenvalue weighted by atomic mass is 10.3. The molecule has 0 bridgehead atoms. The summed E-state index contributed by atoms with van der Waals surface area (Å²) in [7, 11) is 0. The van der Waals surface area contributed by atoms with Crippen molar-refractivity contribution in [2.24, 2.45) is 5.73 Å². The second-order valence-electron chi connectivity index (χ2n) is 4.11. The largest absolute Gasteiger partial charge is 0.369 e. The molecule has 0 spiro atoms. The quantitative estimate of drug-likeness (QED) is 0.593. The number of anilines is 1. The Morgan fingerprint density at radius 3 is 2.89 bits per heavy atom. The summed E-state index contributed by atoms with van der Waals surface area (Å²) in [6, 6.07) is 0. The molecule has 0 aliphatic carbocycles. The van der Waals surface area contributed by atoms with Gasteiger partial charge in [0.25, 0.3) is 0 Å². The van der Waals surface area contributed by atoms with E-state index in [1.807, 2.05) is 10.9 Å². The van der Waals surface area contributed by atoms with Gasteiger partial charge in [0.05, 0.1) is 18.1 Å². The summed E-state index contributed by atoms with van der Waals surface area (Å²) in [6.07, 6.45) is 2.86. The van der Waals surface area contributed by atoms with Crippen LogP contribution in [0.25, 0.3) is 11.0 Å². The van der Waals surface area contributed by atoms with Gasteiger partial charge in [0.2, 0.25) is 0 Å². The van der Waals surface area contributed by atoms with Gasteiger partial charge in [-0.15, -0.1) is 0 Å². The molecule has 0 aliphatic rings. The number of hydrogen-bond donors (Lipinski definition) is 2. The summed E-state index contributed by atoms with van der Waals surface area (Å²) in [5.41, 5.74) is 6.46. The average molecular weight is 280 g/mol. The van der Waals surface area contributed by atoms with Crippen molar-refractivity contribution in [2.75, 3.05) is 24.2 Å². The number of nitrogens with one attached hydrogen (secondary N) is 1. The lowest BCUT2D eigenvalue weighted by Crippen LogP contribution is -2.12. The minimum Gasteiger partial charge on any atom is -0.369 e. The minimum absolute atomic E-state index is 0.550. The zero-order chi connectivity index (χ0) is 13.7. The molecule has 0 fully saturated rings. The molecule has 19 heavy (non-hydrogen) atoms. The molecule has 0 aliphatic heterocycles. The van der Waals surface area contributed by atoms with Crippen LogP contribution in [0, 0.1) is 0 Å². The van der Waals surface area contributed by atoms with Gasteiger partial charge in [0.15, 0.2) is 10.8 Å². The summed E-state index contributed by atoms with van der Waals surface area (Å²) in [4.78, 5) is 9.13. The van der Waals surface area contributed by atoms with Crippen LogP contribution in [0.5, 0.6) is 0 Å². The van der Waals surface area contributed by atoms with Crippen LogP contribution in [0.3, 0.4) is 0 Å². The first-order chi connectivity index (χ1) is 9.30. The van der Waals surface area contributed by atoms with Crippen molar-refractivity contribution >= 4 is 28.6 Å². The monoisotopic (exact) mass is 280 g/mol. The molecule has 0 aromatic carbocycles. The van der Waals surface area contributed by atoms with Crippen LogP contribution in [-0.4, -0.2) is 38.6 Å². The van der Waals surface area contributed by atoms with E-state index in [9.17, 15) is 0 Å². The van der Waals surface area contributed by atoms with Crippen LogP contribution in [0.15, 0.2) is 11.4 Å². The highest BCUT2D eigenvalue weighted by atomic mass is 32.2. The summed E-state index contributed by atoms with van der Waals surface area (Å²) >= 11 is 1.63. The molecule has 3 N–H and O–H groups in total. The van der Waals surface area contributed by atoms with Crippen LogP contribution < -0.4 is 11.1 Å². The topological polar surface area (TPSA) is 81.7 Å². The van der Waals surface area contributed by atoms with Gasteiger partial charge in [0.1, 0.15) is 5.82 Å². The molecule has 7 heteroatoms. The van der Waals surface area contributed by atoms with Crippen molar-refractivity contribution in [3.8, 4) is 0 Å². The molecule has 0 saturated carbocycles. The number of aromatic nitrogens is 4. The predicted octanol–water partition coefficient (Wildman–Crippen LogP) is 1.72. The van der Waals surface area contributed by atoms with Gasteiger partial charge in [-0.25, -0.2) is 14.6 Å². The fourth-order valence-electron chi connectivity index (χ4n) is 1.79. The third kappa shape index (κ3) is 3.16. The number of nitrogens with zero attached hydrogens (tertiary/aromatic N) is 4. The fourth-order valence-corrected chi connectivity index (χ4v) is 2.36. The summed E-state index contributed by atoms with van der Waals surface area (Å²) in [6.45, 7) is 6.34. The predicted molar refractivity (Wildman–Crippen MR) is 79.6 cm³/mol. The van der Waals surface area contributed by atoms with Crippen molar-refractivity contribution in [1.29, 1.82) is 0 Å². The molecule has 104 valence electrons. The van der Waals surface area contributed by atoms with Crippen LogP contribution in [-0.2, 0) is 6.54 Å². The van der Waals surface area contributed by atoms with Gasteiger partial charge >= 0.3 is 0 Å². The number of hydrogen-bond acceptors (Lipinski definition) is 6. The number of rotatable bonds is 7. The van der Waals surface area contributed by atoms with E-state index in [2.05, 4.69) is 34.2 Å². The van der Waals surface area contributed by atoms with E-state index in [4.69, 9.17) is 5.73 Å². The molecule has 2 aromatic heterocycles. The van der Waals surface area contributed by atoms with Gasteiger partial charge < -0.3 is 11.1 Å². The molecule has 0 saturated heterocycles. The van der Waals surface area contributed by atoms with Crippen molar-refractivity contribution in [2.45, 2.75) is 32.0 Å². The summed E-state index contributed by atoms with van der Waals surface area (Å²) in [5, 5.41) is 9.43. The minimum atomic E-state index is 0.550. The second kappa shape index (κ2) is 6.72. The molecule has 0 unspecified atom stereocenters. The molecular formula is C12H20N6S. The smallest absolute Gasteiger partial charge is 0.191 e. The van der Waals surface area contributed by atoms with E-state index in [-0.39, 0.29) is 0 Å². The first kappa shape index (κ1) is 14.1. The van der Waals surface area contributed by atoms with Gasteiger partial charge in [-0.3, -0.25) is 0 Å².